The summed E-state index contributed by atoms with van der Waals surface area (Å²) in [6.07, 6.45) is 4.04. The Balaban J connectivity index is 1.99. The molecule has 0 amide bonds. The van der Waals surface area contributed by atoms with Gasteiger partial charge in [0.2, 0.25) is 0 Å². The first-order valence-electron chi connectivity index (χ1n) is 11.6. The van der Waals surface area contributed by atoms with Gasteiger partial charge in [-0.1, -0.05) is 71.9 Å². The maximum absolute atomic E-state index is 13.5. The van der Waals surface area contributed by atoms with Gasteiger partial charge in [0.15, 0.2) is 5.78 Å². The van der Waals surface area contributed by atoms with Gasteiger partial charge in [-0.3, -0.25) is 4.79 Å². The fourth-order valence-corrected chi connectivity index (χ4v) is 5.10. The first-order chi connectivity index (χ1) is 15.9. The number of ketones is 1. The standard InChI is InChI=1S/C30H32N2OS/c1-19-11-10-13-22(15-19)31-32-27(26-18-20-12-8-9-14-25(20)34-26)21-16-23(29(2,3)4)28(33)24(17-21)30(5,6)7/h8-18H,1-7H3. The zero-order valence-corrected chi connectivity index (χ0v) is 21.9. The molecule has 1 aliphatic carbocycles. The lowest BCUT2D eigenvalue weighted by Crippen LogP contribution is -2.28. The Hall–Kier alpha value is -3.11. The first-order valence-corrected chi connectivity index (χ1v) is 12.5. The van der Waals surface area contributed by atoms with Gasteiger partial charge in [0, 0.05) is 21.4 Å². The summed E-state index contributed by atoms with van der Waals surface area (Å²) in [6.45, 7) is 14.6. The zero-order valence-electron chi connectivity index (χ0n) is 21.1. The molecule has 1 aromatic heterocycles. The van der Waals surface area contributed by atoms with E-state index in [1.165, 1.54) is 10.1 Å². The molecule has 0 saturated heterocycles. The zero-order chi connectivity index (χ0) is 24.7. The van der Waals surface area contributed by atoms with Gasteiger partial charge in [0.1, 0.15) is 5.70 Å². The van der Waals surface area contributed by atoms with Crippen LogP contribution in [0.1, 0.15) is 52.0 Å². The van der Waals surface area contributed by atoms with E-state index in [0.717, 1.165) is 38.5 Å². The highest BCUT2D eigenvalue weighted by Crippen LogP contribution is 2.42. The number of benzene rings is 2. The van der Waals surface area contributed by atoms with Crippen LogP contribution in [-0.2, 0) is 4.79 Å². The van der Waals surface area contributed by atoms with Gasteiger partial charge in [-0.25, -0.2) is 0 Å². The normalized spacial score (nSPS) is 15.1. The van der Waals surface area contributed by atoms with Crippen LogP contribution in [0.3, 0.4) is 0 Å². The van der Waals surface area contributed by atoms with Crippen molar-refractivity contribution >= 4 is 38.6 Å². The summed E-state index contributed by atoms with van der Waals surface area (Å²) < 4.78 is 1.20. The molecule has 34 heavy (non-hydrogen) atoms. The predicted molar refractivity (Wildman–Crippen MR) is 145 cm³/mol. The Morgan fingerprint density at radius 1 is 0.824 bits per heavy atom. The van der Waals surface area contributed by atoms with E-state index in [1.54, 1.807) is 11.3 Å². The minimum atomic E-state index is -0.286. The van der Waals surface area contributed by atoms with Crippen molar-refractivity contribution in [2.24, 2.45) is 21.1 Å². The maximum Gasteiger partial charge on any atom is 0.186 e. The third-order valence-electron chi connectivity index (χ3n) is 5.90. The Morgan fingerprint density at radius 3 is 2.06 bits per heavy atom. The first kappa shape index (κ1) is 24.0. The molecule has 1 heterocycles. The molecule has 2 aromatic carbocycles. The van der Waals surface area contributed by atoms with Gasteiger partial charge in [-0.15, -0.1) is 16.5 Å². The Morgan fingerprint density at radius 2 is 1.47 bits per heavy atom. The summed E-state index contributed by atoms with van der Waals surface area (Å²) >= 11 is 1.70. The van der Waals surface area contributed by atoms with Gasteiger partial charge in [-0.05, 0) is 65.1 Å². The van der Waals surface area contributed by atoms with E-state index in [9.17, 15) is 4.79 Å². The SMILES string of the molecule is Cc1cccc(N=NC(=C2C=C(C(C)(C)C)C(=O)C(C(C)(C)C)=C2)c2cc3ccccc3s2)c1. The molecule has 4 rings (SSSR count). The van der Waals surface area contributed by atoms with Crippen molar-refractivity contribution in [2.45, 2.75) is 48.5 Å². The highest BCUT2D eigenvalue weighted by Gasteiger charge is 2.34. The molecular formula is C30H32N2OS. The fourth-order valence-electron chi connectivity index (χ4n) is 4.03. The lowest BCUT2D eigenvalue weighted by molar-refractivity contribution is -0.114. The second-order valence-corrected chi connectivity index (χ2v) is 12.0. The number of carbonyl (C=O) groups is 1. The summed E-state index contributed by atoms with van der Waals surface area (Å²) in [7, 11) is 0. The monoisotopic (exact) mass is 468 g/mol. The highest BCUT2D eigenvalue weighted by atomic mass is 32.1. The Kier molecular flexibility index (Phi) is 6.30. The van der Waals surface area contributed by atoms with E-state index in [4.69, 9.17) is 5.11 Å². The molecule has 3 aromatic rings. The van der Waals surface area contributed by atoms with Crippen LogP contribution in [-0.4, -0.2) is 5.78 Å². The van der Waals surface area contributed by atoms with E-state index in [1.807, 2.05) is 43.3 Å². The number of allylic oxidation sites excluding steroid dienone is 5. The largest absolute Gasteiger partial charge is 0.289 e. The van der Waals surface area contributed by atoms with E-state index in [2.05, 4.69) is 77.0 Å². The number of Topliss-reactive ketones (excluding diaryl/α,β-unsaturated/α-hetero) is 1. The van der Waals surface area contributed by atoms with E-state index < -0.39 is 0 Å². The van der Waals surface area contributed by atoms with Crippen molar-refractivity contribution in [3.05, 3.63) is 93.9 Å². The van der Waals surface area contributed by atoms with Crippen LogP contribution in [0, 0.1) is 17.8 Å². The smallest absolute Gasteiger partial charge is 0.186 e. The Bertz CT molecular complexity index is 1320. The van der Waals surface area contributed by atoms with Gasteiger partial charge in [-0.2, -0.15) is 5.11 Å². The molecule has 0 aliphatic heterocycles. The predicted octanol–water partition coefficient (Wildman–Crippen LogP) is 9.23. The van der Waals surface area contributed by atoms with Crippen LogP contribution in [0.2, 0.25) is 0 Å². The molecule has 0 saturated carbocycles. The second kappa shape index (κ2) is 8.92. The van der Waals surface area contributed by atoms with Gasteiger partial charge in [0.05, 0.1) is 10.6 Å². The number of hydrogen-bond donors (Lipinski definition) is 0. The second-order valence-electron chi connectivity index (χ2n) is 10.9. The molecule has 3 nitrogen and oxygen atoms in total. The molecule has 4 heteroatoms. The number of fused-ring (bicyclic) bond motifs is 1. The molecule has 0 fully saturated rings. The molecule has 0 bridgehead atoms. The van der Waals surface area contributed by atoms with Crippen LogP contribution in [0.15, 0.2) is 93.7 Å². The summed E-state index contributed by atoms with van der Waals surface area (Å²) in [4.78, 5) is 14.5. The molecule has 0 radical (unpaired) electrons. The number of aryl methyl sites for hydroxylation is 1. The van der Waals surface area contributed by atoms with Crippen LogP contribution in [0.4, 0.5) is 5.69 Å². The lowest BCUT2D eigenvalue weighted by Gasteiger charge is -2.31. The highest BCUT2D eigenvalue weighted by molar-refractivity contribution is 7.20. The number of hydrogen-bond acceptors (Lipinski definition) is 4. The van der Waals surface area contributed by atoms with Crippen molar-refractivity contribution < 1.29 is 4.79 Å². The maximum atomic E-state index is 13.5. The van der Waals surface area contributed by atoms with E-state index >= 15 is 0 Å². The fraction of sp³-hybridized carbons (Fsp3) is 0.300. The average molecular weight is 469 g/mol. The molecule has 0 spiro atoms. The minimum absolute atomic E-state index is 0.120. The Labute approximate surface area is 206 Å². The summed E-state index contributed by atoms with van der Waals surface area (Å²) in [5, 5.41) is 10.6. The third kappa shape index (κ3) is 5.02. The number of thiophene rings is 1. The molecule has 1 aliphatic rings. The number of azo groups is 1. The van der Waals surface area contributed by atoms with Crippen molar-refractivity contribution in [1.29, 1.82) is 0 Å². The average Bonchev–Trinajstić information content (AvgIpc) is 3.17. The van der Waals surface area contributed by atoms with E-state index in [0.29, 0.717) is 0 Å². The summed E-state index contributed by atoms with van der Waals surface area (Å²) in [5.74, 6) is 0.120. The van der Waals surface area contributed by atoms with Gasteiger partial charge >= 0.3 is 0 Å². The molecule has 0 N–H and O–H groups in total. The van der Waals surface area contributed by atoms with Crippen molar-refractivity contribution in [3.8, 4) is 0 Å². The summed E-state index contributed by atoms with van der Waals surface area (Å²) in [6, 6.07) is 18.5. The van der Waals surface area contributed by atoms with E-state index in [-0.39, 0.29) is 16.6 Å². The van der Waals surface area contributed by atoms with Crippen molar-refractivity contribution in [1.82, 2.24) is 0 Å². The van der Waals surface area contributed by atoms with Crippen LogP contribution in [0.25, 0.3) is 15.8 Å². The summed E-state index contributed by atoms with van der Waals surface area (Å²) in [5.41, 5.74) is 4.71. The number of rotatable bonds is 3. The molecule has 0 unspecified atom stereocenters. The quantitative estimate of drug-likeness (QED) is 0.353. The molecular weight excluding hydrogens is 436 g/mol. The van der Waals surface area contributed by atoms with Crippen molar-refractivity contribution in [3.63, 3.8) is 0 Å². The van der Waals surface area contributed by atoms with Crippen LogP contribution in [0.5, 0.6) is 0 Å². The molecule has 174 valence electrons. The minimum Gasteiger partial charge on any atom is -0.289 e. The number of nitrogens with zero attached hydrogens (tertiary/aromatic N) is 2. The lowest BCUT2D eigenvalue weighted by atomic mass is 9.71. The van der Waals surface area contributed by atoms with Crippen LogP contribution < -0.4 is 0 Å². The molecule has 0 atom stereocenters. The van der Waals surface area contributed by atoms with Crippen molar-refractivity contribution in [2.75, 3.05) is 0 Å². The topological polar surface area (TPSA) is 41.8 Å². The van der Waals surface area contributed by atoms with Crippen LogP contribution >= 0.6 is 11.3 Å². The van der Waals surface area contributed by atoms with Gasteiger partial charge < -0.3 is 0 Å². The number of carbonyl (C=O) groups excluding carboxylic acids is 1. The van der Waals surface area contributed by atoms with Gasteiger partial charge in [0.25, 0.3) is 0 Å². The third-order valence-corrected chi connectivity index (χ3v) is 7.03.